The largest absolute Gasteiger partial charge is 0.285 e. The molecule has 1 aliphatic heterocycles. The second kappa shape index (κ2) is 6.55. The Balaban J connectivity index is 1.78. The number of imide groups is 1. The highest BCUT2D eigenvalue weighted by Gasteiger charge is 2.36. The van der Waals surface area contributed by atoms with Gasteiger partial charge in [-0.3, -0.25) is 14.4 Å². The predicted molar refractivity (Wildman–Crippen MR) is 76.4 cm³/mol. The number of hydroxylamine groups is 2. The fourth-order valence-electron chi connectivity index (χ4n) is 1.99. The quantitative estimate of drug-likeness (QED) is 0.433. The molecule has 0 unspecified atom stereocenters. The Kier molecular flexibility index (Phi) is 4.97. The number of carbonyl (C=O) groups is 2. The van der Waals surface area contributed by atoms with Crippen LogP contribution < -0.4 is 0 Å². The number of halogens is 1. The smallest absolute Gasteiger partial charge is 0.266 e. The molecule has 2 rings (SSSR count). The van der Waals surface area contributed by atoms with Crippen LogP contribution in [0.15, 0.2) is 24.3 Å². The normalized spacial score (nSPS) is 14.6. The highest BCUT2D eigenvalue weighted by molar-refractivity contribution is 8.13. The third-order valence-electron chi connectivity index (χ3n) is 3.01. The van der Waals surface area contributed by atoms with E-state index in [1.807, 2.05) is 0 Å². The number of amides is 2. The maximum Gasteiger partial charge on any atom is 0.285 e. The summed E-state index contributed by atoms with van der Waals surface area (Å²) < 4.78 is 21.4. The van der Waals surface area contributed by atoms with Gasteiger partial charge in [-0.1, -0.05) is 18.6 Å². The van der Waals surface area contributed by atoms with Crippen molar-refractivity contribution in [3.63, 3.8) is 0 Å². The summed E-state index contributed by atoms with van der Waals surface area (Å²) in [6, 6.07) is 6.51. The monoisotopic (exact) mass is 331 g/mol. The fraction of sp³-hybridized carbons (Fsp3) is 0.385. The Bertz CT molecular complexity index is 623. The number of hydrogen-bond acceptors (Lipinski definition) is 5. The van der Waals surface area contributed by atoms with Crippen LogP contribution in [0.1, 0.15) is 40.0 Å². The van der Waals surface area contributed by atoms with Gasteiger partial charge in [-0.15, -0.1) is 5.06 Å². The van der Waals surface area contributed by atoms with Crippen molar-refractivity contribution in [3.8, 4) is 0 Å². The molecule has 0 aliphatic carbocycles. The van der Waals surface area contributed by atoms with Crippen LogP contribution >= 0.6 is 10.7 Å². The molecule has 0 atom stereocenters. The van der Waals surface area contributed by atoms with Gasteiger partial charge in [-0.05, 0) is 25.0 Å². The number of hydrogen-bond donors (Lipinski definition) is 0. The molecule has 1 aliphatic rings. The Labute approximate surface area is 127 Å². The van der Waals surface area contributed by atoms with Gasteiger partial charge >= 0.3 is 0 Å². The van der Waals surface area contributed by atoms with Crippen molar-refractivity contribution in [2.75, 3.05) is 12.4 Å². The van der Waals surface area contributed by atoms with Crippen LogP contribution in [-0.4, -0.2) is 37.7 Å². The van der Waals surface area contributed by atoms with Crippen molar-refractivity contribution in [3.05, 3.63) is 35.4 Å². The molecule has 0 spiro atoms. The molecule has 0 saturated heterocycles. The molecule has 1 aromatic carbocycles. The van der Waals surface area contributed by atoms with Crippen molar-refractivity contribution in [1.82, 2.24) is 5.06 Å². The number of carbonyl (C=O) groups excluding carboxylic acids is 2. The summed E-state index contributed by atoms with van der Waals surface area (Å²) >= 11 is 0. The average Bonchev–Trinajstić information content (AvgIpc) is 2.66. The molecule has 1 heterocycles. The van der Waals surface area contributed by atoms with E-state index in [0.717, 1.165) is 5.06 Å². The van der Waals surface area contributed by atoms with Crippen molar-refractivity contribution >= 4 is 31.5 Å². The van der Waals surface area contributed by atoms with Crippen LogP contribution in [0, 0.1) is 0 Å². The lowest BCUT2D eigenvalue weighted by molar-refractivity contribution is -0.0922. The molecule has 21 heavy (non-hydrogen) atoms. The lowest BCUT2D eigenvalue weighted by atomic mass is 10.1. The first-order valence-corrected chi connectivity index (χ1v) is 8.91. The van der Waals surface area contributed by atoms with Gasteiger partial charge in [0.1, 0.15) is 0 Å². The molecule has 0 saturated carbocycles. The molecular weight excluding hydrogens is 318 g/mol. The summed E-state index contributed by atoms with van der Waals surface area (Å²) in [7, 11) is 1.61. The van der Waals surface area contributed by atoms with E-state index in [4.69, 9.17) is 15.5 Å². The van der Waals surface area contributed by atoms with Crippen LogP contribution in [0.5, 0.6) is 0 Å². The first-order chi connectivity index (χ1) is 9.90. The van der Waals surface area contributed by atoms with Gasteiger partial charge in [-0.2, -0.15) is 0 Å². The Morgan fingerprint density at radius 1 is 1.00 bits per heavy atom. The van der Waals surface area contributed by atoms with E-state index in [2.05, 4.69) is 0 Å². The molecule has 8 heteroatoms. The Morgan fingerprint density at radius 3 is 2.10 bits per heavy atom. The van der Waals surface area contributed by atoms with E-state index in [-0.39, 0.29) is 12.4 Å². The third-order valence-corrected chi connectivity index (χ3v) is 4.25. The molecule has 0 radical (unpaired) electrons. The van der Waals surface area contributed by atoms with Crippen LogP contribution in [0.2, 0.25) is 0 Å². The zero-order valence-electron chi connectivity index (χ0n) is 11.1. The molecule has 0 aromatic heterocycles. The summed E-state index contributed by atoms with van der Waals surface area (Å²) in [6.07, 6.45) is 1.52. The second-order valence-corrected chi connectivity index (χ2v) is 7.48. The topological polar surface area (TPSA) is 80.8 Å². The number of unbranched alkanes of at least 4 members (excludes halogenated alkanes) is 2. The minimum atomic E-state index is -3.47. The van der Waals surface area contributed by atoms with E-state index in [0.29, 0.717) is 30.4 Å². The first-order valence-electron chi connectivity index (χ1n) is 6.43. The predicted octanol–water partition coefficient (Wildman–Crippen LogP) is 1.95. The standard InChI is InChI=1S/C13H14ClNO5S/c14-21(18,19)9-5-1-4-8-20-15-12(16)10-6-2-3-7-11(10)13(15)17/h2-3,6-7H,1,4-5,8-9H2. The number of fused-ring (bicyclic) bond motifs is 1. The Hall–Kier alpha value is -1.44. The van der Waals surface area contributed by atoms with Gasteiger partial charge in [0.05, 0.1) is 23.5 Å². The van der Waals surface area contributed by atoms with Crippen molar-refractivity contribution in [2.45, 2.75) is 19.3 Å². The van der Waals surface area contributed by atoms with E-state index in [9.17, 15) is 18.0 Å². The minimum Gasteiger partial charge on any atom is -0.266 e. The highest BCUT2D eigenvalue weighted by atomic mass is 35.7. The first kappa shape index (κ1) is 15.9. The third kappa shape index (κ3) is 4.03. The second-order valence-electron chi connectivity index (χ2n) is 4.59. The molecule has 2 amide bonds. The zero-order valence-corrected chi connectivity index (χ0v) is 12.7. The summed E-state index contributed by atoms with van der Waals surface area (Å²) in [6.45, 7) is 0.161. The minimum absolute atomic E-state index is 0.0957. The highest BCUT2D eigenvalue weighted by Crippen LogP contribution is 2.22. The average molecular weight is 332 g/mol. The van der Waals surface area contributed by atoms with Crippen LogP contribution in [0.3, 0.4) is 0 Å². The number of rotatable bonds is 7. The molecule has 6 nitrogen and oxygen atoms in total. The van der Waals surface area contributed by atoms with E-state index in [1.165, 1.54) is 0 Å². The van der Waals surface area contributed by atoms with Gasteiger partial charge in [0.15, 0.2) is 0 Å². The van der Waals surface area contributed by atoms with E-state index >= 15 is 0 Å². The SMILES string of the molecule is O=C1c2ccccc2C(=O)N1OCCCCCS(=O)(=O)Cl. The molecule has 0 bridgehead atoms. The maximum atomic E-state index is 11.9. The van der Waals surface area contributed by atoms with Gasteiger partial charge in [0, 0.05) is 10.7 Å². The van der Waals surface area contributed by atoms with Crippen molar-refractivity contribution < 1.29 is 22.8 Å². The number of benzene rings is 1. The Morgan fingerprint density at radius 2 is 1.57 bits per heavy atom. The molecule has 114 valence electrons. The molecular formula is C13H14ClNO5S. The van der Waals surface area contributed by atoms with Gasteiger partial charge in [0.2, 0.25) is 9.05 Å². The van der Waals surface area contributed by atoms with Crippen molar-refractivity contribution in [2.24, 2.45) is 0 Å². The van der Waals surface area contributed by atoms with Gasteiger partial charge in [-0.25, -0.2) is 8.42 Å². The molecule has 0 N–H and O–H groups in total. The summed E-state index contributed by atoms with van der Waals surface area (Å²) in [4.78, 5) is 29.1. The number of nitrogens with zero attached hydrogens (tertiary/aromatic N) is 1. The lowest BCUT2D eigenvalue weighted by Gasteiger charge is -2.12. The van der Waals surface area contributed by atoms with Gasteiger partial charge in [0.25, 0.3) is 11.8 Å². The van der Waals surface area contributed by atoms with E-state index < -0.39 is 20.9 Å². The summed E-state index contributed by atoms with van der Waals surface area (Å²) in [5, 5.41) is 0.753. The van der Waals surface area contributed by atoms with Gasteiger partial charge < -0.3 is 0 Å². The molecule has 0 fully saturated rings. The summed E-state index contributed by atoms with van der Waals surface area (Å²) in [5.74, 6) is -1.04. The van der Waals surface area contributed by atoms with Crippen LogP contribution in [0.4, 0.5) is 0 Å². The van der Waals surface area contributed by atoms with Crippen LogP contribution in [-0.2, 0) is 13.9 Å². The molecule has 1 aromatic rings. The fourth-order valence-corrected chi connectivity index (χ4v) is 2.87. The van der Waals surface area contributed by atoms with Crippen molar-refractivity contribution in [1.29, 1.82) is 0 Å². The summed E-state index contributed by atoms with van der Waals surface area (Å²) in [5.41, 5.74) is 0.659. The maximum absolute atomic E-state index is 11.9. The lowest BCUT2D eigenvalue weighted by Crippen LogP contribution is -2.30. The zero-order chi connectivity index (χ0) is 15.5. The van der Waals surface area contributed by atoms with Crippen LogP contribution in [0.25, 0.3) is 0 Å². The van der Waals surface area contributed by atoms with E-state index in [1.54, 1.807) is 24.3 Å².